The molecule has 1 aliphatic heterocycles. The molecule has 0 amide bonds. The number of unbranched alkanes of at least 4 members (excludes halogenated alkanes) is 1. The zero-order chi connectivity index (χ0) is 21.8. The average Bonchev–Trinajstić information content (AvgIpc) is 2.86. The largest absolute Gasteiger partial charge is 0.412 e. The third kappa shape index (κ3) is 4.67. The van der Waals surface area contributed by atoms with Crippen LogP contribution in [0.25, 0.3) is 22.6 Å². The van der Waals surface area contributed by atoms with E-state index in [1.807, 2.05) is 24.3 Å². The Labute approximate surface area is 195 Å². The Morgan fingerprint density at radius 3 is 2.45 bits per heavy atom. The van der Waals surface area contributed by atoms with Crippen LogP contribution < -0.4 is 4.90 Å². The molecule has 1 aliphatic rings. The van der Waals surface area contributed by atoms with Crippen LogP contribution in [0, 0.1) is 11.8 Å². The minimum absolute atomic E-state index is 0. The minimum atomic E-state index is -0.0506. The van der Waals surface area contributed by atoms with Gasteiger partial charge >= 0.3 is 0 Å². The van der Waals surface area contributed by atoms with Crippen molar-refractivity contribution in [3.05, 3.63) is 108 Å². The molecule has 2 N–H and O–H groups in total. The highest BCUT2D eigenvalue weighted by Gasteiger charge is 2.28. The molecule has 4 aromatic rings. The first kappa shape index (κ1) is 22.3. The van der Waals surface area contributed by atoms with Gasteiger partial charge in [0.25, 0.3) is 0 Å². The van der Waals surface area contributed by atoms with Crippen LogP contribution in [0.3, 0.4) is 0 Å². The second-order valence-corrected chi connectivity index (χ2v) is 8.13. The molecule has 5 rings (SSSR count). The number of aromatic nitrogens is 1. The molecule has 0 aliphatic carbocycles. The Morgan fingerprint density at radius 2 is 1.61 bits per heavy atom. The average molecular weight is 433 g/mol. The van der Waals surface area contributed by atoms with Crippen molar-refractivity contribution in [2.24, 2.45) is 0 Å². The maximum Gasteiger partial charge on any atom is 0.118 e. The summed E-state index contributed by atoms with van der Waals surface area (Å²) in [4.78, 5) is 7.49. The van der Waals surface area contributed by atoms with E-state index in [4.69, 9.17) is 4.98 Å². The molecule has 2 heterocycles. The van der Waals surface area contributed by atoms with Gasteiger partial charge in [0.05, 0.1) is 11.2 Å². The maximum absolute atomic E-state index is 5.03. The fourth-order valence-electron chi connectivity index (χ4n) is 4.27. The summed E-state index contributed by atoms with van der Waals surface area (Å²) in [5, 5.41) is 1.16. The summed E-state index contributed by atoms with van der Waals surface area (Å²) < 4.78 is 0. The summed E-state index contributed by atoms with van der Waals surface area (Å²) in [6.07, 6.45) is 4.54. The molecule has 3 heteroatoms. The van der Waals surface area contributed by atoms with Crippen molar-refractivity contribution in [3.63, 3.8) is 0 Å². The van der Waals surface area contributed by atoms with E-state index in [0.717, 1.165) is 47.1 Å². The number of pyridine rings is 1. The molecule has 0 spiro atoms. The molecule has 0 fully saturated rings. The first-order chi connectivity index (χ1) is 15.8. The SMILES string of the molecule is CCCCN1c2ccccc2C=C(c2ccc3ccccc3n2)C1C#Cc1ccccc1.O. The smallest absolute Gasteiger partial charge is 0.118 e. The van der Waals surface area contributed by atoms with Gasteiger partial charge in [0.2, 0.25) is 0 Å². The Hall–Kier alpha value is -3.87. The molecular weight excluding hydrogens is 404 g/mol. The Bertz CT molecular complexity index is 1330. The summed E-state index contributed by atoms with van der Waals surface area (Å²) in [6, 6.07) is 31.4. The number of rotatable bonds is 4. The summed E-state index contributed by atoms with van der Waals surface area (Å²) in [5.74, 6) is 7.03. The van der Waals surface area contributed by atoms with Gasteiger partial charge in [-0.1, -0.05) is 85.8 Å². The molecule has 1 atom stereocenters. The minimum Gasteiger partial charge on any atom is -0.412 e. The van der Waals surface area contributed by atoms with Gasteiger partial charge < -0.3 is 10.4 Å². The lowest BCUT2D eigenvalue weighted by Gasteiger charge is -2.36. The first-order valence-electron chi connectivity index (χ1n) is 11.3. The number of anilines is 1. The quantitative estimate of drug-likeness (QED) is 0.372. The predicted molar refractivity (Wildman–Crippen MR) is 139 cm³/mol. The third-order valence-corrected chi connectivity index (χ3v) is 5.94. The summed E-state index contributed by atoms with van der Waals surface area (Å²) in [7, 11) is 0. The molecular formula is C30H28N2O. The lowest BCUT2D eigenvalue weighted by molar-refractivity contribution is 0.715. The van der Waals surface area contributed by atoms with Crippen molar-refractivity contribution >= 4 is 28.2 Å². The van der Waals surface area contributed by atoms with Gasteiger partial charge in [-0.25, -0.2) is 4.98 Å². The van der Waals surface area contributed by atoms with Crippen LogP contribution in [0.15, 0.2) is 91.0 Å². The Balaban J connectivity index is 0.00000259. The van der Waals surface area contributed by atoms with Gasteiger partial charge in [-0.15, -0.1) is 0 Å². The number of hydrogen-bond donors (Lipinski definition) is 0. The standard InChI is InChI=1S/C30H26N2.H2O/c1-2-3-21-32-29-16-10-8-14-25(29)22-26(30(32)20-17-23-11-5-4-6-12-23)28-19-18-24-13-7-9-15-27(24)31-28;/h4-16,18-19,22,30H,2-3,21H2,1H3;1H2. The molecule has 0 radical (unpaired) electrons. The normalized spacial score (nSPS) is 14.5. The first-order valence-corrected chi connectivity index (χ1v) is 11.3. The lowest BCUT2D eigenvalue weighted by atomic mass is 9.92. The van der Waals surface area contributed by atoms with Gasteiger partial charge in [0.15, 0.2) is 0 Å². The fraction of sp³-hybridized carbons (Fsp3) is 0.167. The third-order valence-electron chi connectivity index (χ3n) is 5.94. The van der Waals surface area contributed by atoms with E-state index in [9.17, 15) is 0 Å². The summed E-state index contributed by atoms with van der Waals surface area (Å²) >= 11 is 0. The lowest BCUT2D eigenvalue weighted by Crippen LogP contribution is -2.38. The number of fused-ring (bicyclic) bond motifs is 2. The van der Waals surface area contributed by atoms with Crippen molar-refractivity contribution in [3.8, 4) is 11.8 Å². The number of benzene rings is 3. The van der Waals surface area contributed by atoms with Crippen molar-refractivity contribution in [2.45, 2.75) is 25.8 Å². The van der Waals surface area contributed by atoms with Crippen molar-refractivity contribution in [1.82, 2.24) is 4.98 Å². The van der Waals surface area contributed by atoms with E-state index in [0.29, 0.717) is 0 Å². The van der Waals surface area contributed by atoms with Gasteiger partial charge in [0.1, 0.15) is 6.04 Å². The highest BCUT2D eigenvalue weighted by atomic mass is 16.0. The van der Waals surface area contributed by atoms with Crippen LogP contribution in [-0.2, 0) is 0 Å². The molecule has 3 aromatic carbocycles. The van der Waals surface area contributed by atoms with Crippen LogP contribution in [0.4, 0.5) is 5.69 Å². The van der Waals surface area contributed by atoms with Crippen molar-refractivity contribution in [2.75, 3.05) is 11.4 Å². The molecule has 1 unspecified atom stereocenters. The fourth-order valence-corrected chi connectivity index (χ4v) is 4.27. The highest BCUT2D eigenvalue weighted by molar-refractivity contribution is 5.95. The summed E-state index contributed by atoms with van der Waals surface area (Å²) in [6.45, 7) is 3.20. The van der Waals surface area contributed by atoms with Crippen LogP contribution >= 0.6 is 0 Å². The van der Waals surface area contributed by atoms with Gasteiger partial charge in [-0.2, -0.15) is 0 Å². The predicted octanol–water partition coefficient (Wildman–Crippen LogP) is 5.99. The van der Waals surface area contributed by atoms with E-state index in [1.54, 1.807) is 0 Å². The maximum atomic E-state index is 5.03. The van der Waals surface area contributed by atoms with E-state index < -0.39 is 0 Å². The highest BCUT2D eigenvalue weighted by Crippen LogP contribution is 2.37. The van der Waals surface area contributed by atoms with Gasteiger partial charge in [0, 0.05) is 28.8 Å². The second-order valence-electron chi connectivity index (χ2n) is 8.13. The second kappa shape index (κ2) is 10.2. The monoisotopic (exact) mass is 432 g/mol. The number of nitrogens with zero attached hydrogens (tertiary/aromatic N) is 2. The van der Waals surface area contributed by atoms with Crippen LogP contribution in [0.1, 0.15) is 36.6 Å². The van der Waals surface area contributed by atoms with E-state index >= 15 is 0 Å². The van der Waals surface area contributed by atoms with E-state index in [1.165, 1.54) is 11.3 Å². The molecule has 164 valence electrons. The van der Waals surface area contributed by atoms with Gasteiger partial charge in [-0.3, -0.25) is 0 Å². The molecule has 33 heavy (non-hydrogen) atoms. The Kier molecular flexibility index (Phi) is 6.88. The number of para-hydroxylation sites is 2. The van der Waals surface area contributed by atoms with Crippen molar-refractivity contribution in [1.29, 1.82) is 0 Å². The molecule has 0 bridgehead atoms. The molecule has 0 saturated carbocycles. The zero-order valence-electron chi connectivity index (χ0n) is 18.8. The molecule has 3 nitrogen and oxygen atoms in total. The molecule has 0 saturated heterocycles. The summed E-state index contributed by atoms with van der Waals surface area (Å²) in [5.41, 5.74) is 6.68. The van der Waals surface area contributed by atoms with E-state index in [2.05, 4.69) is 96.5 Å². The van der Waals surface area contributed by atoms with Gasteiger partial charge in [-0.05, 0) is 48.4 Å². The van der Waals surface area contributed by atoms with Crippen LogP contribution in [0.5, 0.6) is 0 Å². The molecule has 1 aromatic heterocycles. The van der Waals surface area contributed by atoms with Crippen LogP contribution in [0.2, 0.25) is 0 Å². The Morgan fingerprint density at radius 1 is 0.848 bits per heavy atom. The van der Waals surface area contributed by atoms with E-state index in [-0.39, 0.29) is 11.5 Å². The van der Waals surface area contributed by atoms with Crippen molar-refractivity contribution < 1.29 is 5.48 Å². The van der Waals surface area contributed by atoms with Crippen LogP contribution in [-0.4, -0.2) is 23.0 Å². The zero-order valence-corrected chi connectivity index (χ0v) is 18.8. The number of hydrogen-bond acceptors (Lipinski definition) is 2. The topological polar surface area (TPSA) is 47.6 Å².